The van der Waals surface area contributed by atoms with Crippen LogP contribution in [0.15, 0.2) is 30.6 Å². The molecule has 0 radical (unpaired) electrons. The van der Waals surface area contributed by atoms with Gasteiger partial charge < -0.3 is 5.73 Å². The van der Waals surface area contributed by atoms with Crippen LogP contribution in [0.4, 0.5) is 0 Å². The number of fused-ring (bicyclic) bond motifs is 1. The number of nitrogens with zero attached hydrogens (tertiary/aromatic N) is 2. The standard InChI is InChI=1S/C11H15N3/c1-9(8-12)7-10-3-2-6-14-11(10)4-5-13-14/h2-6,9H,7-8,12H2,1H3. The number of hydrogen-bond acceptors (Lipinski definition) is 2. The predicted octanol–water partition coefficient (Wildman–Crippen LogP) is 1.47. The van der Waals surface area contributed by atoms with Crippen LogP contribution in [0.3, 0.4) is 0 Å². The Kier molecular flexibility index (Phi) is 2.50. The number of aromatic nitrogens is 2. The van der Waals surface area contributed by atoms with E-state index in [1.165, 1.54) is 11.1 Å². The maximum atomic E-state index is 5.62. The van der Waals surface area contributed by atoms with E-state index in [-0.39, 0.29) is 0 Å². The van der Waals surface area contributed by atoms with Gasteiger partial charge in [-0.1, -0.05) is 13.0 Å². The Labute approximate surface area is 83.5 Å². The topological polar surface area (TPSA) is 43.3 Å². The summed E-state index contributed by atoms with van der Waals surface area (Å²) in [6.07, 6.45) is 4.81. The van der Waals surface area contributed by atoms with Crippen molar-refractivity contribution in [1.82, 2.24) is 9.61 Å². The van der Waals surface area contributed by atoms with Gasteiger partial charge in [0.15, 0.2) is 0 Å². The normalized spacial score (nSPS) is 13.3. The Balaban J connectivity index is 2.36. The van der Waals surface area contributed by atoms with Crippen molar-refractivity contribution < 1.29 is 0 Å². The molecule has 1 unspecified atom stereocenters. The second-order valence-electron chi connectivity index (χ2n) is 3.74. The van der Waals surface area contributed by atoms with Crippen molar-refractivity contribution >= 4 is 5.52 Å². The van der Waals surface area contributed by atoms with E-state index in [9.17, 15) is 0 Å². The average Bonchev–Trinajstić information content (AvgIpc) is 2.66. The molecular formula is C11H15N3. The first kappa shape index (κ1) is 9.21. The molecule has 0 fully saturated rings. The molecule has 0 amide bonds. The van der Waals surface area contributed by atoms with Crippen LogP contribution in [-0.4, -0.2) is 16.2 Å². The van der Waals surface area contributed by atoms with E-state index in [1.807, 2.05) is 29.0 Å². The Morgan fingerprint density at radius 1 is 1.50 bits per heavy atom. The summed E-state index contributed by atoms with van der Waals surface area (Å²) in [5, 5.41) is 4.20. The summed E-state index contributed by atoms with van der Waals surface area (Å²) in [5.74, 6) is 0.524. The summed E-state index contributed by atoms with van der Waals surface area (Å²) in [7, 11) is 0. The average molecular weight is 189 g/mol. The lowest BCUT2D eigenvalue weighted by atomic mass is 10.0. The fourth-order valence-electron chi connectivity index (χ4n) is 1.64. The van der Waals surface area contributed by atoms with Crippen LogP contribution < -0.4 is 5.73 Å². The van der Waals surface area contributed by atoms with Crippen molar-refractivity contribution in [3.05, 3.63) is 36.2 Å². The van der Waals surface area contributed by atoms with Gasteiger partial charge in [-0.2, -0.15) is 5.10 Å². The number of hydrogen-bond donors (Lipinski definition) is 1. The van der Waals surface area contributed by atoms with E-state index in [2.05, 4.69) is 18.1 Å². The summed E-state index contributed by atoms with van der Waals surface area (Å²) >= 11 is 0. The van der Waals surface area contributed by atoms with Crippen LogP contribution in [0.2, 0.25) is 0 Å². The van der Waals surface area contributed by atoms with Gasteiger partial charge in [-0.25, -0.2) is 4.52 Å². The number of rotatable bonds is 3. The Morgan fingerprint density at radius 3 is 3.14 bits per heavy atom. The SMILES string of the molecule is CC(CN)Cc1cccn2nccc12. The van der Waals surface area contributed by atoms with Crippen LogP contribution in [0, 0.1) is 5.92 Å². The highest BCUT2D eigenvalue weighted by Crippen LogP contribution is 2.14. The zero-order chi connectivity index (χ0) is 9.97. The monoisotopic (exact) mass is 189 g/mol. The van der Waals surface area contributed by atoms with Gasteiger partial charge in [-0.3, -0.25) is 0 Å². The molecule has 14 heavy (non-hydrogen) atoms. The smallest absolute Gasteiger partial charge is 0.0693 e. The maximum absolute atomic E-state index is 5.62. The first-order valence-electron chi connectivity index (χ1n) is 4.92. The molecule has 0 aliphatic carbocycles. The third kappa shape index (κ3) is 1.63. The lowest BCUT2D eigenvalue weighted by Gasteiger charge is -2.09. The van der Waals surface area contributed by atoms with Crippen LogP contribution in [0.25, 0.3) is 5.52 Å². The minimum Gasteiger partial charge on any atom is -0.330 e. The molecule has 3 heteroatoms. The molecule has 0 aliphatic heterocycles. The number of nitrogens with two attached hydrogens (primary N) is 1. The molecule has 0 spiro atoms. The maximum Gasteiger partial charge on any atom is 0.0693 e. The van der Waals surface area contributed by atoms with E-state index >= 15 is 0 Å². The molecule has 0 bridgehead atoms. The predicted molar refractivity (Wildman–Crippen MR) is 57.1 cm³/mol. The second kappa shape index (κ2) is 3.80. The summed E-state index contributed by atoms with van der Waals surface area (Å²) in [6, 6.07) is 6.21. The molecule has 3 nitrogen and oxygen atoms in total. The lowest BCUT2D eigenvalue weighted by molar-refractivity contribution is 0.594. The second-order valence-corrected chi connectivity index (χ2v) is 3.74. The third-order valence-electron chi connectivity index (χ3n) is 2.49. The van der Waals surface area contributed by atoms with E-state index < -0.39 is 0 Å². The highest BCUT2D eigenvalue weighted by molar-refractivity contribution is 5.53. The lowest BCUT2D eigenvalue weighted by Crippen LogP contribution is -2.13. The quantitative estimate of drug-likeness (QED) is 0.794. The molecule has 74 valence electrons. The van der Waals surface area contributed by atoms with Crippen molar-refractivity contribution in [3.8, 4) is 0 Å². The molecule has 0 saturated heterocycles. The molecule has 0 aromatic carbocycles. The fourth-order valence-corrected chi connectivity index (χ4v) is 1.64. The molecule has 0 aliphatic rings. The van der Waals surface area contributed by atoms with Crippen LogP contribution in [0.1, 0.15) is 12.5 Å². The van der Waals surface area contributed by atoms with Gasteiger partial charge in [0.2, 0.25) is 0 Å². The third-order valence-corrected chi connectivity index (χ3v) is 2.49. The summed E-state index contributed by atoms with van der Waals surface area (Å²) in [4.78, 5) is 0. The van der Waals surface area contributed by atoms with Crippen LogP contribution in [-0.2, 0) is 6.42 Å². The molecule has 1 atom stereocenters. The van der Waals surface area contributed by atoms with E-state index in [4.69, 9.17) is 5.73 Å². The van der Waals surface area contributed by atoms with Gasteiger partial charge in [0, 0.05) is 12.4 Å². The first-order valence-corrected chi connectivity index (χ1v) is 4.92. The van der Waals surface area contributed by atoms with Crippen molar-refractivity contribution in [2.75, 3.05) is 6.54 Å². The van der Waals surface area contributed by atoms with Crippen molar-refractivity contribution in [2.24, 2.45) is 11.7 Å². The van der Waals surface area contributed by atoms with Gasteiger partial charge in [-0.05, 0) is 36.6 Å². The van der Waals surface area contributed by atoms with E-state index in [0.29, 0.717) is 5.92 Å². The van der Waals surface area contributed by atoms with Crippen molar-refractivity contribution in [3.63, 3.8) is 0 Å². The minimum absolute atomic E-state index is 0.524. The van der Waals surface area contributed by atoms with E-state index in [0.717, 1.165) is 13.0 Å². The van der Waals surface area contributed by atoms with Crippen LogP contribution >= 0.6 is 0 Å². The number of pyridine rings is 1. The molecular weight excluding hydrogens is 174 g/mol. The zero-order valence-corrected chi connectivity index (χ0v) is 8.35. The van der Waals surface area contributed by atoms with Gasteiger partial charge in [0.25, 0.3) is 0 Å². The highest BCUT2D eigenvalue weighted by Gasteiger charge is 2.05. The van der Waals surface area contributed by atoms with Gasteiger partial charge in [0.1, 0.15) is 0 Å². The molecule has 2 N–H and O–H groups in total. The van der Waals surface area contributed by atoms with E-state index in [1.54, 1.807) is 0 Å². The Morgan fingerprint density at radius 2 is 2.36 bits per heavy atom. The Hall–Kier alpha value is -1.35. The largest absolute Gasteiger partial charge is 0.330 e. The molecule has 0 saturated carbocycles. The molecule has 2 heterocycles. The molecule has 2 rings (SSSR count). The highest BCUT2D eigenvalue weighted by atomic mass is 15.2. The van der Waals surface area contributed by atoms with Crippen molar-refractivity contribution in [2.45, 2.75) is 13.3 Å². The molecule has 2 aromatic heterocycles. The summed E-state index contributed by atoms with van der Waals surface area (Å²) in [5.41, 5.74) is 8.13. The van der Waals surface area contributed by atoms with Gasteiger partial charge >= 0.3 is 0 Å². The molecule has 2 aromatic rings. The van der Waals surface area contributed by atoms with Gasteiger partial charge in [-0.15, -0.1) is 0 Å². The zero-order valence-electron chi connectivity index (χ0n) is 8.35. The van der Waals surface area contributed by atoms with Crippen molar-refractivity contribution in [1.29, 1.82) is 0 Å². The van der Waals surface area contributed by atoms with Gasteiger partial charge in [0.05, 0.1) is 5.52 Å². The fraction of sp³-hybridized carbons (Fsp3) is 0.364. The summed E-state index contributed by atoms with van der Waals surface area (Å²) < 4.78 is 1.90. The Bertz CT molecular complexity index is 419. The minimum atomic E-state index is 0.524. The first-order chi connectivity index (χ1) is 6.81. The summed E-state index contributed by atoms with van der Waals surface area (Å²) in [6.45, 7) is 2.90. The van der Waals surface area contributed by atoms with Crippen LogP contribution in [0.5, 0.6) is 0 Å².